The molecule has 24 heavy (non-hydrogen) atoms. The van der Waals surface area contributed by atoms with Gasteiger partial charge in [0, 0.05) is 37.9 Å². The van der Waals surface area contributed by atoms with Crippen LogP contribution in [0.2, 0.25) is 0 Å². The molecule has 5 nitrogen and oxygen atoms in total. The Hall–Kier alpha value is -1.75. The number of carbonyl (C=O) groups excluding carboxylic acids is 1. The van der Waals surface area contributed by atoms with Crippen LogP contribution < -0.4 is 15.5 Å². The van der Waals surface area contributed by atoms with Crippen molar-refractivity contribution in [3.63, 3.8) is 0 Å². The number of amides is 1. The third-order valence-electron chi connectivity index (χ3n) is 4.47. The quantitative estimate of drug-likeness (QED) is 0.668. The van der Waals surface area contributed by atoms with E-state index in [4.69, 9.17) is 5.73 Å². The summed E-state index contributed by atoms with van der Waals surface area (Å²) in [6, 6.07) is 5.93. The van der Waals surface area contributed by atoms with Crippen LogP contribution in [0, 0.1) is 5.92 Å². The molecule has 0 saturated carbocycles. The summed E-state index contributed by atoms with van der Waals surface area (Å²) >= 11 is 0. The topological polar surface area (TPSA) is 54.0 Å². The van der Waals surface area contributed by atoms with Crippen LogP contribution in [0.4, 0.5) is 11.4 Å². The fraction of sp³-hybridized carbons (Fsp3) is 0.632. The summed E-state index contributed by atoms with van der Waals surface area (Å²) in [5.41, 5.74) is 8.95. The second-order valence-electron chi connectivity index (χ2n) is 7.01. The standard InChI is InChI=1S/C19H34N4O/c1-7-15(8-2)19(24)23(12-11-21(3)4)14-16-13-17(20)9-10-18(16)22(5)6/h9-10,13,15H,7-8,11-12,14,20H2,1-6H3/p+1. The fourth-order valence-electron chi connectivity index (χ4n) is 2.90. The summed E-state index contributed by atoms with van der Waals surface area (Å²) in [6.45, 7) is 6.49. The second-order valence-corrected chi connectivity index (χ2v) is 7.01. The lowest BCUT2D eigenvalue weighted by Gasteiger charge is -2.29. The van der Waals surface area contributed by atoms with Gasteiger partial charge in [-0.3, -0.25) is 4.79 Å². The number of carbonyl (C=O) groups is 1. The van der Waals surface area contributed by atoms with E-state index in [1.807, 2.05) is 37.2 Å². The van der Waals surface area contributed by atoms with Gasteiger partial charge in [-0.2, -0.15) is 0 Å². The third kappa shape index (κ3) is 5.71. The number of anilines is 2. The van der Waals surface area contributed by atoms with E-state index < -0.39 is 0 Å². The molecule has 3 N–H and O–H groups in total. The number of likely N-dealkylation sites (N-methyl/N-ethyl adjacent to an activating group) is 1. The maximum absolute atomic E-state index is 13.0. The third-order valence-corrected chi connectivity index (χ3v) is 4.47. The van der Waals surface area contributed by atoms with E-state index >= 15 is 0 Å². The maximum Gasteiger partial charge on any atom is 0.226 e. The van der Waals surface area contributed by atoms with Gasteiger partial charge in [0.25, 0.3) is 0 Å². The lowest BCUT2D eigenvalue weighted by atomic mass is 10.0. The Morgan fingerprint density at radius 3 is 2.33 bits per heavy atom. The summed E-state index contributed by atoms with van der Waals surface area (Å²) in [7, 11) is 8.27. The first-order chi connectivity index (χ1) is 11.3. The predicted octanol–water partition coefficient (Wildman–Crippen LogP) is 1.24. The molecule has 0 unspecified atom stereocenters. The Morgan fingerprint density at radius 2 is 1.83 bits per heavy atom. The number of hydrogen-bond acceptors (Lipinski definition) is 3. The number of rotatable bonds is 9. The molecule has 0 atom stereocenters. The number of nitrogen functional groups attached to an aromatic ring is 1. The van der Waals surface area contributed by atoms with Gasteiger partial charge in [0.2, 0.25) is 5.91 Å². The van der Waals surface area contributed by atoms with Crippen molar-refractivity contribution in [2.24, 2.45) is 5.92 Å². The molecule has 1 rings (SSSR count). The van der Waals surface area contributed by atoms with Crippen molar-refractivity contribution in [2.45, 2.75) is 33.2 Å². The molecule has 1 amide bonds. The summed E-state index contributed by atoms with van der Waals surface area (Å²) in [4.78, 5) is 18.4. The molecular formula is C19H35N4O+. The van der Waals surface area contributed by atoms with Gasteiger partial charge in [0.1, 0.15) is 0 Å². The van der Waals surface area contributed by atoms with Gasteiger partial charge in [-0.15, -0.1) is 0 Å². The molecule has 0 saturated heterocycles. The molecule has 0 radical (unpaired) electrons. The lowest BCUT2D eigenvalue weighted by molar-refractivity contribution is -0.857. The Bertz CT molecular complexity index is 524. The Labute approximate surface area is 147 Å². The van der Waals surface area contributed by atoms with Crippen LogP contribution in [0.5, 0.6) is 0 Å². The van der Waals surface area contributed by atoms with E-state index in [1.54, 1.807) is 0 Å². The van der Waals surface area contributed by atoms with E-state index in [2.05, 4.69) is 32.8 Å². The van der Waals surface area contributed by atoms with Crippen molar-refractivity contribution < 1.29 is 9.69 Å². The maximum atomic E-state index is 13.0. The van der Waals surface area contributed by atoms with E-state index in [9.17, 15) is 4.79 Å². The van der Waals surface area contributed by atoms with Crippen LogP contribution in [0.3, 0.4) is 0 Å². The van der Waals surface area contributed by atoms with Crippen LogP contribution in [0.15, 0.2) is 18.2 Å². The van der Waals surface area contributed by atoms with E-state index in [0.717, 1.165) is 42.9 Å². The average molecular weight is 336 g/mol. The number of nitrogens with zero attached hydrogens (tertiary/aromatic N) is 2. The Kier molecular flexibility index (Phi) is 8.05. The lowest BCUT2D eigenvalue weighted by Crippen LogP contribution is -3.06. The fourth-order valence-corrected chi connectivity index (χ4v) is 2.90. The van der Waals surface area contributed by atoms with Gasteiger partial charge in [-0.05, 0) is 36.6 Å². The SMILES string of the molecule is CCC(CC)C(=O)N(CC[NH+](C)C)Cc1cc(N)ccc1N(C)C. The van der Waals surface area contributed by atoms with Gasteiger partial charge >= 0.3 is 0 Å². The molecule has 0 aliphatic carbocycles. The van der Waals surface area contributed by atoms with Crippen LogP contribution in [0.25, 0.3) is 0 Å². The highest BCUT2D eigenvalue weighted by atomic mass is 16.2. The first-order valence-electron chi connectivity index (χ1n) is 8.93. The minimum atomic E-state index is 0.103. The molecule has 1 aromatic carbocycles. The highest BCUT2D eigenvalue weighted by Crippen LogP contribution is 2.24. The zero-order chi connectivity index (χ0) is 18.3. The average Bonchev–Trinajstić information content (AvgIpc) is 2.51. The highest BCUT2D eigenvalue weighted by molar-refractivity contribution is 5.79. The molecule has 5 heteroatoms. The van der Waals surface area contributed by atoms with Gasteiger partial charge in [0.15, 0.2) is 0 Å². The molecule has 0 fully saturated rings. The van der Waals surface area contributed by atoms with Crippen molar-refractivity contribution >= 4 is 17.3 Å². The van der Waals surface area contributed by atoms with Gasteiger partial charge in [-0.1, -0.05) is 13.8 Å². The van der Waals surface area contributed by atoms with Gasteiger partial charge in [0.05, 0.1) is 27.2 Å². The first kappa shape index (κ1) is 20.3. The molecule has 0 aromatic heterocycles. The van der Waals surface area contributed by atoms with Crippen molar-refractivity contribution in [2.75, 3.05) is 51.9 Å². The molecular weight excluding hydrogens is 300 g/mol. The zero-order valence-corrected chi connectivity index (χ0v) is 16.2. The van der Waals surface area contributed by atoms with E-state index in [1.165, 1.54) is 4.90 Å². The second kappa shape index (κ2) is 9.52. The van der Waals surface area contributed by atoms with Crippen LogP contribution in [-0.2, 0) is 11.3 Å². The van der Waals surface area contributed by atoms with Crippen molar-refractivity contribution in [3.8, 4) is 0 Å². The van der Waals surface area contributed by atoms with Gasteiger partial charge in [-0.25, -0.2) is 0 Å². The first-order valence-corrected chi connectivity index (χ1v) is 8.93. The molecule has 0 aliphatic heterocycles. The largest absolute Gasteiger partial charge is 0.399 e. The minimum absolute atomic E-state index is 0.103. The van der Waals surface area contributed by atoms with E-state index in [0.29, 0.717) is 6.54 Å². The van der Waals surface area contributed by atoms with Crippen LogP contribution in [-0.4, -0.2) is 52.1 Å². The van der Waals surface area contributed by atoms with E-state index in [-0.39, 0.29) is 11.8 Å². The minimum Gasteiger partial charge on any atom is -0.399 e. The van der Waals surface area contributed by atoms with Crippen molar-refractivity contribution in [1.82, 2.24) is 4.90 Å². The normalized spacial score (nSPS) is 11.2. The molecule has 136 valence electrons. The smallest absolute Gasteiger partial charge is 0.226 e. The summed E-state index contributed by atoms with van der Waals surface area (Å²) in [5.74, 6) is 0.361. The molecule has 0 heterocycles. The van der Waals surface area contributed by atoms with Crippen molar-refractivity contribution in [1.29, 1.82) is 0 Å². The monoisotopic (exact) mass is 335 g/mol. The molecule has 0 aliphatic rings. The molecule has 0 spiro atoms. The summed E-state index contributed by atoms with van der Waals surface area (Å²) in [5, 5.41) is 0. The number of quaternary nitrogens is 1. The molecule has 1 aromatic rings. The van der Waals surface area contributed by atoms with Crippen LogP contribution in [0.1, 0.15) is 32.3 Å². The van der Waals surface area contributed by atoms with Crippen molar-refractivity contribution in [3.05, 3.63) is 23.8 Å². The number of nitrogens with two attached hydrogens (primary N) is 1. The number of hydrogen-bond donors (Lipinski definition) is 2. The van der Waals surface area contributed by atoms with Gasteiger partial charge < -0.3 is 20.4 Å². The predicted molar refractivity (Wildman–Crippen MR) is 102 cm³/mol. The van der Waals surface area contributed by atoms with Crippen LogP contribution >= 0.6 is 0 Å². The number of benzene rings is 1. The zero-order valence-electron chi connectivity index (χ0n) is 16.2. The highest BCUT2D eigenvalue weighted by Gasteiger charge is 2.23. The summed E-state index contributed by atoms with van der Waals surface area (Å²) < 4.78 is 0. The Morgan fingerprint density at radius 1 is 1.21 bits per heavy atom. The molecule has 0 bridgehead atoms. The summed E-state index contributed by atoms with van der Waals surface area (Å²) in [6.07, 6.45) is 1.77. The number of nitrogens with one attached hydrogen (secondary N) is 1. The Balaban J connectivity index is 3.08.